The summed E-state index contributed by atoms with van der Waals surface area (Å²) >= 11 is 0. The molecule has 34 heavy (non-hydrogen) atoms. The number of rotatable bonds is 5. The van der Waals surface area contributed by atoms with Crippen LogP contribution in [0.1, 0.15) is 19.0 Å². The molecule has 1 saturated heterocycles. The molecule has 0 saturated carbocycles. The molecule has 4 N–H and O–H groups in total. The molecule has 1 aliphatic rings. The molecule has 5 rings (SSSR count). The first-order valence-corrected chi connectivity index (χ1v) is 10.9. The number of urea groups is 1. The fourth-order valence-corrected chi connectivity index (χ4v) is 4.02. The van der Waals surface area contributed by atoms with E-state index < -0.39 is 17.4 Å². The molecule has 1 unspecified atom stereocenters. The predicted molar refractivity (Wildman–Crippen MR) is 125 cm³/mol. The van der Waals surface area contributed by atoms with E-state index in [1.807, 2.05) is 19.1 Å². The third-order valence-corrected chi connectivity index (χ3v) is 5.74. The van der Waals surface area contributed by atoms with Crippen LogP contribution >= 0.6 is 0 Å². The van der Waals surface area contributed by atoms with Gasteiger partial charge < -0.3 is 20.1 Å². The standard InChI is InChI=1S/C24H23FN6O3/c1-2-26-23(32)31-22-29-18-11-15(10-16(21(18)30-22)20-17(25)4-3-8-27-20)14-5-6-19(28-12-14)24(33)7-9-34-13-24/h3-6,8,10-12,33H,2,7,9,13H2,1H3,(H3,26,29,30,31,32). The molecular formula is C24H23FN6O3. The number of aliphatic hydroxyl groups is 1. The van der Waals surface area contributed by atoms with E-state index in [1.54, 1.807) is 18.3 Å². The Morgan fingerprint density at radius 2 is 2.15 bits per heavy atom. The first-order valence-electron chi connectivity index (χ1n) is 10.9. The van der Waals surface area contributed by atoms with Crippen LogP contribution in [0.15, 0.2) is 48.8 Å². The molecular weight excluding hydrogens is 439 g/mol. The highest BCUT2D eigenvalue weighted by molar-refractivity contribution is 5.98. The number of anilines is 1. The summed E-state index contributed by atoms with van der Waals surface area (Å²) in [6.45, 7) is 2.97. The summed E-state index contributed by atoms with van der Waals surface area (Å²) in [4.78, 5) is 28.2. The number of H-pyrrole nitrogens is 1. The Labute approximate surface area is 194 Å². The third-order valence-electron chi connectivity index (χ3n) is 5.74. The fourth-order valence-electron chi connectivity index (χ4n) is 4.02. The van der Waals surface area contributed by atoms with Crippen molar-refractivity contribution in [3.05, 3.63) is 60.3 Å². The lowest BCUT2D eigenvalue weighted by Crippen LogP contribution is -2.28. The maximum Gasteiger partial charge on any atom is 0.321 e. The largest absolute Gasteiger partial charge is 0.381 e. The minimum Gasteiger partial charge on any atom is -0.381 e. The molecule has 4 aromatic rings. The van der Waals surface area contributed by atoms with Gasteiger partial charge in [-0.05, 0) is 42.8 Å². The highest BCUT2D eigenvalue weighted by Crippen LogP contribution is 2.35. The Kier molecular flexibility index (Phi) is 5.68. The molecule has 9 nitrogen and oxygen atoms in total. The van der Waals surface area contributed by atoms with Crippen LogP contribution in [-0.4, -0.2) is 50.8 Å². The van der Waals surface area contributed by atoms with Crippen molar-refractivity contribution in [2.75, 3.05) is 25.1 Å². The van der Waals surface area contributed by atoms with Crippen LogP contribution in [0.2, 0.25) is 0 Å². The zero-order valence-corrected chi connectivity index (χ0v) is 18.4. The molecule has 0 spiro atoms. The molecule has 0 bridgehead atoms. The van der Waals surface area contributed by atoms with Gasteiger partial charge in [0.2, 0.25) is 5.95 Å². The van der Waals surface area contributed by atoms with E-state index in [1.165, 1.54) is 18.3 Å². The normalized spacial score (nSPS) is 17.7. The topological polar surface area (TPSA) is 125 Å². The summed E-state index contributed by atoms with van der Waals surface area (Å²) < 4.78 is 20.0. The van der Waals surface area contributed by atoms with Gasteiger partial charge in [0.15, 0.2) is 0 Å². The first-order chi connectivity index (χ1) is 16.5. The highest BCUT2D eigenvalue weighted by Gasteiger charge is 2.35. The smallest absolute Gasteiger partial charge is 0.321 e. The number of benzene rings is 1. The minimum absolute atomic E-state index is 0.146. The number of nitrogens with zero attached hydrogens (tertiary/aromatic N) is 3. The van der Waals surface area contributed by atoms with Gasteiger partial charge in [-0.3, -0.25) is 15.3 Å². The monoisotopic (exact) mass is 462 g/mol. The van der Waals surface area contributed by atoms with Crippen molar-refractivity contribution in [1.82, 2.24) is 25.3 Å². The molecule has 10 heteroatoms. The van der Waals surface area contributed by atoms with Gasteiger partial charge in [0.25, 0.3) is 0 Å². The summed E-state index contributed by atoms with van der Waals surface area (Å²) in [7, 11) is 0. The number of halogens is 1. The van der Waals surface area contributed by atoms with E-state index in [0.29, 0.717) is 41.9 Å². The number of imidazole rings is 1. The number of ether oxygens (including phenoxy) is 1. The average molecular weight is 462 g/mol. The highest BCUT2D eigenvalue weighted by atomic mass is 19.1. The minimum atomic E-state index is -1.09. The van der Waals surface area contributed by atoms with Crippen LogP contribution < -0.4 is 10.6 Å². The van der Waals surface area contributed by atoms with Crippen molar-refractivity contribution in [2.45, 2.75) is 18.9 Å². The van der Waals surface area contributed by atoms with Crippen molar-refractivity contribution in [3.8, 4) is 22.4 Å². The predicted octanol–water partition coefficient (Wildman–Crippen LogP) is 3.58. The van der Waals surface area contributed by atoms with Gasteiger partial charge in [-0.15, -0.1) is 0 Å². The summed E-state index contributed by atoms with van der Waals surface area (Å²) in [5.74, 6) is -0.258. The third kappa shape index (κ3) is 4.09. The van der Waals surface area contributed by atoms with Crippen LogP contribution in [0, 0.1) is 5.82 Å². The summed E-state index contributed by atoms with van der Waals surface area (Å²) in [6.07, 6.45) is 3.66. The summed E-state index contributed by atoms with van der Waals surface area (Å²) in [5.41, 5.74) is 2.64. The number of carbonyl (C=O) groups excluding carboxylic acids is 1. The number of carbonyl (C=O) groups is 1. The van der Waals surface area contributed by atoms with E-state index >= 15 is 0 Å². The number of amides is 2. The fraction of sp³-hybridized carbons (Fsp3) is 0.250. The Hall–Kier alpha value is -3.89. The maximum atomic E-state index is 14.7. The SMILES string of the molecule is CCNC(=O)Nc1nc2c(-c3ncccc3F)cc(-c3ccc(C4(O)CCOC4)nc3)cc2[nH]1. The van der Waals surface area contributed by atoms with Crippen LogP contribution in [0.25, 0.3) is 33.4 Å². The Bertz CT molecular complexity index is 1350. The van der Waals surface area contributed by atoms with Crippen molar-refractivity contribution in [2.24, 2.45) is 0 Å². The molecule has 4 heterocycles. The number of nitrogens with one attached hydrogen (secondary N) is 3. The second-order valence-corrected chi connectivity index (χ2v) is 8.09. The van der Waals surface area contributed by atoms with Crippen LogP contribution in [0.3, 0.4) is 0 Å². The molecule has 1 aliphatic heterocycles. The molecule has 2 amide bonds. The molecule has 1 atom stereocenters. The second kappa shape index (κ2) is 8.81. The quantitative estimate of drug-likeness (QED) is 0.359. The van der Waals surface area contributed by atoms with Gasteiger partial charge in [0.1, 0.15) is 22.6 Å². The molecule has 0 aliphatic carbocycles. The zero-order chi connectivity index (χ0) is 23.7. The molecule has 3 aromatic heterocycles. The zero-order valence-electron chi connectivity index (χ0n) is 18.4. The first kappa shape index (κ1) is 21.9. The molecule has 174 valence electrons. The molecule has 0 radical (unpaired) electrons. The lowest BCUT2D eigenvalue weighted by atomic mass is 9.96. The number of hydrogen-bond donors (Lipinski definition) is 4. The summed E-state index contributed by atoms with van der Waals surface area (Å²) in [6, 6.07) is 9.70. The van der Waals surface area contributed by atoms with E-state index in [9.17, 15) is 14.3 Å². The van der Waals surface area contributed by atoms with E-state index in [4.69, 9.17) is 4.74 Å². The van der Waals surface area contributed by atoms with Gasteiger partial charge in [-0.25, -0.2) is 14.2 Å². The lowest BCUT2D eigenvalue weighted by Gasteiger charge is -2.19. The van der Waals surface area contributed by atoms with Gasteiger partial charge in [0, 0.05) is 43.1 Å². The Morgan fingerprint density at radius 1 is 1.26 bits per heavy atom. The van der Waals surface area contributed by atoms with Crippen molar-refractivity contribution in [3.63, 3.8) is 0 Å². The van der Waals surface area contributed by atoms with Gasteiger partial charge in [-0.2, -0.15) is 0 Å². The molecule has 1 fully saturated rings. The summed E-state index contributed by atoms with van der Waals surface area (Å²) in [5, 5.41) is 16.0. The Morgan fingerprint density at radius 3 is 2.85 bits per heavy atom. The average Bonchev–Trinajstić information content (AvgIpc) is 3.45. The number of aromatic amines is 1. The van der Waals surface area contributed by atoms with Crippen LogP contribution in [0.4, 0.5) is 15.1 Å². The lowest BCUT2D eigenvalue weighted by molar-refractivity contribution is 0.0194. The van der Waals surface area contributed by atoms with E-state index in [2.05, 4.69) is 30.6 Å². The van der Waals surface area contributed by atoms with Crippen molar-refractivity contribution < 1.29 is 19.0 Å². The number of fused-ring (bicyclic) bond motifs is 1. The number of aromatic nitrogens is 4. The molecule has 1 aromatic carbocycles. The van der Waals surface area contributed by atoms with Crippen molar-refractivity contribution in [1.29, 1.82) is 0 Å². The van der Waals surface area contributed by atoms with Gasteiger partial charge >= 0.3 is 6.03 Å². The van der Waals surface area contributed by atoms with Gasteiger partial charge in [0.05, 0.1) is 17.8 Å². The number of pyridine rings is 2. The van der Waals surface area contributed by atoms with Gasteiger partial charge in [-0.1, -0.05) is 6.07 Å². The van der Waals surface area contributed by atoms with Crippen molar-refractivity contribution >= 4 is 23.0 Å². The van der Waals surface area contributed by atoms with E-state index in [-0.39, 0.29) is 18.2 Å². The van der Waals surface area contributed by atoms with E-state index in [0.717, 1.165) is 11.1 Å². The Balaban J connectivity index is 1.59. The number of hydrogen-bond acceptors (Lipinski definition) is 6. The maximum absolute atomic E-state index is 14.7. The van der Waals surface area contributed by atoms with Crippen LogP contribution in [0.5, 0.6) is 0 Å². The van der Waals surface area contributed by atoms with Crippen LogP contribution in [-0.2, 0) is 10.3 Å². The second-order valence-electron chi connectivity index (χ2n) is 8.09.